The third-order valence-corrected chi connectivity index (χ3v) is 7.22. The lowest BCUT2D eigenvalue weighted by Crippen LogP contribution is -2.20. The molecule has 0 fully saturated rings. The molecule has 1 aromatic rings. The number of hydrogen-bond acceptors (Lipinski definition) is 3. The Morgan fingerprint density at radius 2 is 1.97 bits per heavy atom. The van der Waals surface area contributed by atoms with Crippen molar-refractivity contribution in [3.05, 3.63) is 76.0 Å². The maximum Gasteiger partial charge on any atom is 0.416 e. The number of nitrogens with zero attached hydrogens (tertiary/aromatic N) is 1. The minimum Gasteiger partial charge on any atom is -0.465 e. The Kier molecular flexibility index (Phi) is 9.97. The van der Waals surface area contributed by atoms with Crippen LogP contribution >= 0.6 is 0 Å². The first-order valence-corrected chi connectivity index (χ1v) is 13.6. The summed E-state index contributed by atoms with van der Waals surface area (Å²) >= 11 is 0. The number of carbonyl (C=O) groups is 1. The SMILES string of the molecule is CCC/C=C(\C(=O)OC)c1cccc(C)c1CC1CC=C(N=C(C2=CC(C(F)(F)F)=CC(C)C2)C(C)C)C1. The number of methoxy groups -OCH3 is 1. The van der Waals surface area contributed by atoms with E-state index in [0.717, 1.165) is 60.2 Å². The summed E-state index contributed by atoms with van der Waals surface area (Å²) in [6, 6.07) is 6.02. The van der Waals surface area contributed by atoms with Crippen molar-refractivity contribution in [3.8, 4) is 0 Å². The summed E-state index contributed by atoms with van der Waals surface area (Å²) in [6.07, 6.45) is 6.97. The van der Waals surface area contributed by atoms with E-state index in [0.29, 0.717) is 23.5 Å². The highest BCUT2D eigenvalue weighted by Crippen LogP contribution is 2.37. The van der Waals surface area contributed by atoms with Crippen LogP contribution in [0.5, 0.6) is 0 Å². The van der Waals surface area contributed by atoms with Crippen LogP contribution in [0.2, 0.25) is 0 Å². The summed E-state index contributed by atoms with van der Waals surface area (Å²) in [5, 5.41) is 0. The summed E-state index contributed by atoms with van der Waals surface area (Å²) in [5.41, 5.74) is 5.55. The number of carbonyl (C=O) groups excluding carboxylic acids is 1. The van der Waals surface area contributed by atoms with Crippen molar-refractivity contribution in [2.24, 2.45) is 22.7 Å². The van der Waals surface area contributed by atoms with Gasteiger partial charge >= 0.3 is 12.1 Å². The maximum absolute atomic E-state index is 13.5. The van der Waals surface area contributed by atoms with E-state index in [1.54, 1.807) is 0 Å². The molecule has 6 heteroatoms. The van der Waals surface area contributed by atoms with Gasteiger partial charge in [-0.25, -0.2) is 4.79 Å². The van der Waals surface area contributed by atoms with E-state index < -0.39 is 11.7 Å². The van der Waals surface area contributed by atoms with Crippen molar-refractivity contribution in [3.63, 3.8) is 0 Å². The lowest BCUT2D eigenvalue weighted by molar-refractivity contribution is -0.133. The number of benzene rings is 1. The molecule has 3 rings (SSSR count). The van der Waals surface area contributed by atoms with Crippen LogP contribution in [0.25, 0.3) is 5.57 Å². The number of esters is 1. The lowest BCUT2D eigenvalue weighted by Gasteiger charge is -2.23. The standard InChI is InChI=1S/C32H40F3NO2/c1-7-8-11-28(31(37)38-6)27-12-9-10-22(5)29(27)18-23-13-14-26(17-23)36-30(20(2)3)24-15-21(4)16-25(19-24)32(33,34)35/h9-12,14,16,19-21,23H,7-8,13,15,17-18H2,1-6H3/b28-11-,36-30?. The lowest BCUT2D eigenvalue weighted by atomic mass is 9.85. The molecule has 2 unspecified atom stereocenters. The Bertz CT molecular complexity index is 1180. The number of allylic oxidation sites excluding steroid dienone is 7. The highest BCUT2D eigenvalue weighted by atomic mass is 19.4. The molecule has 0 bridgehead atoms. The van der Waals surface area contributed by atoms with E-state index in [1.807, 2.05) is 39.0 Å². The molecule has 3 nitrogen and oxygen atoms in total. The van der Waals surface area contributed by atoms with E-state index in [9.17, 15) is 18.0 Å². The quantitative estimate of drug-likeness (QED) is 0.183. The molecule has 1 aromatic carbocycles. The van der Waals surface area contributed by atoms with Crippen molar-refractivity contribution in [2.45, 2.75) is 79.3 Å². The average molecular weight is 528 g/mol. The van der Waals surface area contributed by atoms with Gasteiger partial charge < -0.3 is 4.74 Å². The largest absolute Gasteiger partial charge is 0.465 e. The molecule has 38 heavy (non-hydrogen) atoms. The summed E-state index contributed by atoms with van der Waals surface area (Å²) in [6.45, 7) is 9.93. The molecule has 0 N–H and O–H groups in total. The summed E-state index contributed by atoms with van der Waals surface area (Å²) in [7, 11) is 1.41. The molecule has 0 aromatic heterocycles. The minimum absolute atomic E-state index is 0.00951. The smallest absolute Gasteiger partial charge is 0.416 e. The first kappa shape index (κ1) is 29.7. The molecule has 206 valence electrons. The van der Waals surface area contributed by atoms with Crippen LogP contribution in [0, 0.1) is 24.7 Å². The molecule has 0 saturated carbocycles. The van der Waals surface area contributed by atoms with E-state index >= 15 is 0 Å². The number of unbranched alkanes of at least 4 members (excludes halogenated alkanes) is 1. The molecule has 0 heterocycles. The summed E-state index contributed by atoms with van der Waals surface area (Å²) in [4.78, 5) is 17.5. The van der Waals surface area contributed by atoms with Gasteiger partial charge in [0.25, 0.3) is 0 Å². The molecule has 0 radical (unpaired) electrons. The van der Waals surface area contributed by atoms with Gasteiger partial charge in [0.15, 0.2) is 0 Å². The third kappa shape index (κ3) is 7.36. The fourth-order valence-corrected chi connectivity index (χ4v) is 5.32. The Morgan fingerprint density at radius 1 is 1.24 bits per heavy atom. The Labute approximate surface area is 225 Å². The van der Waals surface area contributed by atoms with Gasteiger partial charge in [0.2, 0.25) is 0 Å². The topological polar surface area (TPSA) is 38.7 Å². The first-order chi connectivity index (χ1) is 17.9. The Hall–Kier alpha value is -2.89. The fraction of sp³-hybridized carbons (Fsp3) is 0.500. The number of halogens is 3. The fourth-order valence-electron chi connectivity index (χ4n) is 5.32. The Balaban J connectivity index is 1.85. The monoisotopic (exact) mass is 527 g/mol. The molecular weight excluding hydrogens is 487 g/mol. The van der Waals surface area contributed by atoms with E-state index in [4.69, 9.17) is 9.73 Å². The second kappa shape index (κ2) is 12.8. The molecule has 2 atom stereocenters. The molecular formula is C32H40F3NO2. The zero-order valence-corrected chi connectivity index (χ0v) is 23.4. The van der Waals surface area contributed by atoms with Gasteiger partial charge in [-0.3, -0.25) is 4.99 Å². The van der Waals surface area contributed by atoms with E-state index in [2.05, 4.69) is 26.0 Å². The number of aliphatic imine (C=N–C) groups is 1. The van der Waals surface area contributed by atoms with Crippen molar-refractivity contribution >= 4 is 17.3 Å². The molecule has 0 amide bonds. The van der Waals surface area contributed by atoms with Crippen LogP contribution < -0.4 is 0 Å². The highest BCUT2D eigenvalue weighted by Gasteiger charge is 2.35. The van der Waals surface area contributed by atoms with Crippen LogP contribution in [-0.4, -0.2) is 25.0 Å². The number of aryl methyl sites for hydroxylation is 1. The van der Waals surface area contributed by atoms with Gasteiger partial charge in [0.05, 0.1) is 18.3 Å². The van der Waals surface area contributed by atoms with Crippen LogP contribution in [0.1, 0.15) is 76.5 Å². The summed E-state index contributed by atoms with van der Waals surface area (Å²) in [5.74, 6) is -0.207. The average Bonchev–Trinajstić information content (AvgIpc) is 3.30. The van der Waals surface area contributed by atoms with E-state index in [-0.39, 0.29) is 17.8 Å². The second-order valence-corrected chi connectivity index (χ2v) is 10.8. The van der Waals surface area contributed by atoms with Crippen LogP contribution in [0.4, 0.5) is 13.2 Å². The van der Waals surface area contributed by atoms with Crippen molar-refractivity contribution < 1.29 is 22.7 Å². The highest BCUT2D eigenvalue weighted by molar-refractivity contribution is 6.16. The number of alkyl halides is 3. The molecule has 0 spiro atoms. The summed E-state index contributed by atoms with van der Waals surface area (Å²) < 4.78 is 45.5. The number of rotatable bonds is 9. The zero-order valence-electron chi connectivity index (χ0n) is 23.4. The van der Waals surface area contributed by atoms with Gasteiger partial charge in [-0.1, -0.05) is 70.5 Å². The predicted octanol–water partition coefficient (Wildman–Crippen LogP) is 8.74. The van der Waals surface area contributed by atoms with Gasteiger partial charge in [-0.05, 0) is 85.1 Å². The van der Waals surface area contributed by atoms with Crippen LogP contribution in [0.15, 0.2) is 64.3 Å². The molecule has 2 aliphatic carbocycles. The van der Waals surface area contributed by atoms with Gasteiger partial charge in [0.1, 0.15) is 0 Å². The van der Waals surface area contributed by atoms with Gasteiger partial charge in [-0.15, -0.1) is 0 Å². The van der Waals surface area contributed by atoms with Gasteiger partial charge in [-0.2, -0.15) is 13.2 Å². The normalized spacial score (nSPS) is 20.8. The molecule has 0 saturated heterocycles. The van der Waals surface area contributed by atoms with E-state index in [1.165, 1.54) is 19.3 Å². The van der Waals surface area contributed by atoms with Crippen molar-refractivity contribution in [1.82, 2.24) is 0 Å². The molecule has 0 aliphatic heterocycles. The number of ether oxygens (including phenoxy) is 1. The van der Waals surface area contributed by atoms with Crippen LogP contribution in [0.3, 0.4) is 0 Å². The second-order valence-electron chi connectivity index (χ2n) is 10.8. The zero-order chi connectivity index (χ0) is 28.0. The van der Waals surface area contributed by atoms with Crippen molar-refractivity contribution in [2.75, 3.05) is 7.11 Å². The Morgan fingerprint density at radius 3 is 2.61 bits per heavy atom. The number of hydrogen-bond donors (Lipinski definition) is 0. The van der Waals surface area contributed by atoms with Gasteiger partial charge in [0, 0.05) is 11.4 Å². The van der Waals surface area contributed by atoms with Crippen LogP contribution in [-0.2, 0) is 16.0 Å². The predicted molar refractivity (Wildman–Crippen MR) is 149 cm³/mol. The maximum atomic E-state index is 13.5. The first-order valence-electron chi connectivity index (χ1n) is 13.6. The minimum atomic E-state index is -4.36. The third-order valence-electron chi connectivity index (χ3n) is 7.22. The van der Waals surface area contributed by atoms with Crippen molar-refractivity contribution in [1.29, 1.82) is 0 Å². The molecule has 2 aliphatic rings.